The Bertz CT molecular complexity index is 1140. The Morgan fingerprint density at radius 2 is 1.81 bits per heavy atom. The lowest BCUT2D eigenvalue weighted by molar-refractivity contribution is 0.305. The van der Waals surface area contributed by atoms with E-state index in [1.54, 1.807) is 12.1 Å². The predicted octanol–water partition coefficient (Wildman–Crippen LogP) is 4.42. The van der Waals surface area contributed by atoms with Crippen LogP contribution in [0.15, 0.2) is 64.8 Å². The van der Waals surface area contributed by atoms with Gasteiger partial charge in [-0.15, -0.1) is 11.3 Å². The monoisotopic (exact) mass is 379 g/mol. The van der Waals surface area contributed by atoms with Crippen LogP contribution in [0.25, 0.3) is 21.3 Å². The summed E-state index contributed by atoms with van der Waals surface area (Å²) >= 11 is 1.46. The summed E-state index contributed by atoms with van der Waals surface area (Å²) in [6.45, 7) is 0.867. The van der Waals surface area contributed by atoms with Crippen molar-refractivity contribution in [2.75, 3.05) is 7.05 Å². The molecular formula is C21H18FN3OS. The van der Waals surface area contributed by atoms with Crippen molar-refractivity contribution in [1.29, 1.82) is 0 Å². The number of halogens is 1. The molecule has 0 fully saturated rings. The molecule has 4 aromatic rings. The highest BCUT2D eigenvalue weighted by atomic mass is 32.1. The normalized spacial score (nSPS) is 11.4. The summed E-state index contributed by atoms with van der Waals surface area (Å²) in [4.78, 5) is 22.8. The summed E-state index contributed by atoms with van der Waals surface area (Å²) < 4.78 is 13.8. The summed E-state index contributed by atoms with van der Waals surface area (Å²) in [5, 5.41) is 2.58. The van der Waals surface area contributed by atoms with Gasteiger partial charge in [0.2, 0.25) is 0 Å². The zero-order valence-corrected chi connectivity index (χ0v) is 15.6. The average Bonchev–Trinajstić information content (AvgIpc) is 3.09. The Labute approximate surface area is 159 Å². The number of hydrogen-bond acceptors (Lipinski definition) is 4. The van der Waals surface area contributed by atoms with Gasteiger partial charge in [-0.05, 0) is 18.7 Å². The fraction of sp³-hybridized carbons (Fsp3) is 0.143. The van der Waals surface area contributed by atoms with E-state index in [1.807, 2.05) is 53.7 Å². The van der Waals surface area contributed by atoms with Crippen LogP contribution in [0, 0.1) is 5.82 Å². The summed E-state index contributed by atoms with van der Waals surface area (Å²) in [5.74, 6) is 0.347. The van der Waals surface area contributed by atoms with E-state index in [9.17, 15) is 9.18 Å². The van der Waals surface area contributed by atoms with Gasteiger partial charge in [-0.1, -0.05) is 48.5 Å². The number of aromatic nitrogens is 2. The lowest BCUT2D eigenvalue weighted by atomic mass is 10.1. The maximum Gasteiger partial charge on any atom is 0.260 e. The lowest BCUT2D eigenvalue weighted by Gasteiger charge is -2.16. The number of H-pyrrole nitrogens is 1. The molecule has 0 spiro atoms. The Morgan fingerprint density at radius 3 is 2.59 bits per heavy atom. The van der Waals surface area contributed by atoms with Gasteiger partial charge in [0.1, 0.15) is 16.5 Å². The number of fused-ring (bicyclic) bond motifs is 1. The molecule has 1 N–H and O–H groups in total. The SMILES string of the molecule is CN(Cc1nc2scc(-c3ccccc3)c2c(=O)[nH]1)Cc1ccccc1F. The number of benzene rings is 2. The first-order valence-electron chi connectivity index (χ1n) is 8.59. The summed E-state index contributed by atoms with van der Waals surface area (Å²) in [6.07, 6.45) is 0. The van der Waals surface area contributed by atoms with Crippen molar-refractivity contribution in [3.05, 3.63) is 87.5 Å². The molecule has 27 heavy (non-hydrogen) atoms. The first kappa shape index (κ1) is 17.6. The van der Waals surface area contributed by atoms with Gasteiger partial charge in [0.05, 0.1) is 11.9 Å². The van der Waals surface area contributed by atoms with E-state index in [1.165, 1.54) is 17.4 Å². The molecule has 0 atom stereocenters. The standard InChI is InChI=1S/C21H18FN3OS/c1-25(11-15-9-5-6-10-17(15)22)12-18-23-20(26)19-16(13-27-21(19)24-18)14-7-3-2-4-8-14/h2-10,13H,11-12H2,1H3,(H,23,24,26). The molecule has 0 unspecified atom stereocenters. The molecule has 0 amide bonds. The molecule has 4 nitrogen and oxygen atoms in total. The van der Waals surface area contributed by atoms with Crippen LogP contribution in [-0.2, 0) is 13.1 Å². The van der Waals surface area contributed by atoms with E-state index >= 15 is 0 Å². The van der Waals surface area contributed by atoms with Crippen molar-refractivity contribution in [2.45, 2.75) is 13.1 Å². The average molecular weight is 379 g/mol. The van der Waals surface area contributed by atoms with E-state index in [0.717, 1.165) is 11.1 Å². The van der Waals surface area contributed by atoms with Gasteiger partial charge in [-0.3, -0.25) is 9.69 Å². The highest BCUT2D eigenvalue weighted by Gasteiger charge is 2.14. The minimum absolute atomic E-state index is 0.144. The van der Waals surface area contributed by atoms with Gasteiger partial charge in [0.15, 0.2) is 0 Å². The minimum atomic E-state index is -0.230. The molecule has 6 heteroatoms. The summed E-state index contributed by atoms with van der Waals surface area (Å²) in [5.41, 5.74) is 2.37. The third-order valence-electron chi connectivity index (χ3n) is 4.40. The van der Waals surface area contributed by atoms with Crippen LogP contribution in [0.2, 0.25) is 0 Å². The number of nitrogens with one attached hydrogen (secondary N) is 1. The highest BCUT2D eigenvalue weighted by Crippen LogP contribution is 2.30. The Morgan fingerprint density at radius 1 is 1.07 bits per heavy atom. The predicted molar refractivity (Wildman–Crippen MR) is 107 cm³/mol. The number of thiophene rings is 1. The van der Waals surface area contributed by atoms with Gasteiger partial charge in [-0.2, -0.15) is 0 Å². The van der Waals surface area contributed by atoms with E-state index in [4.69, 9.17) is 0 Å². The van der Waals surface area contributed by atoms with E-state index < -0.39 is 0 Å². The van der Waals surface area contributed by atoms with Gasteiger partial charge in [0.25, 0.3) is 5.56 Å². The summed E-state index contributed by atoms with van der Waals surface area (Å²) in [7, 11) is 1.88. The van der Waals surface area contributed by atoms with Gasteiger partial charge < -0.3 is 4.98 Å². The molecule has 0 bridgehead atoms. The highest BCUT2D eigenvalue weighted by molar-refractivity contribution is 7.17. The van der Waals surface area contributed by atoms with Crippen LogP contribution >= 0.6 is 11.3 Å². The lowest BCUT2D eigenvalue weighted by Crippen LogP contribution is -2.22. The van der Waals surface area contributed by atoms with Crippen molar-refractivity contribution in [2.24, 2.45) is 0 Å². The molecule has 0 aliphatic carbocycles. The third kappa shape index (κ3) is 3.67. The first-order valence-corrected chi connectivity index (χ1v) is 9.47. The van der Waals surface area contributed by atoms with Gasteiger partial charge in [-0.25, -0.2) is 9.37 Å². The molecule has 0 radical (unpaired) electrons. The maximum absolute atomic E-state index is 13.8. The molecule has 4 rings (SSSR count). The molecule has 2 heterocycles. The van der Waals surface area contributed by atoms with Crippen molar-refractivity contribution in [1.82, 2.24) is 14.9 Å². The molecular weight excluding hydrogens is 361 g/mol. The summed E-state index contributed by atoms with van der Waals surface area (Å²) in [6, 6.07) is 16.5. The van der Waals surface area contributed by atoms with Crippen LogP contribution in [0.4, 0.5) is 4.39 Å². The van der Waals surface area contributed by atoms with Gasteiger partial charge in [0, 0.05) is 23.1 Å². The largest absolute Gasteiger partial charge is 0.309 e. The van der Waals surface area contributed by atoms with E-state index in [-0.39, 0.29) is 11.4 Å². The van der Waals surface area contributed by atoms with Crippen molar-refractivity contribution >= 4 is 21.6 Å². The molecule has 0 saturated carbocycles. The number of rotatable bonds is 5. The number of aromatic amines is 1. The van der Waals surface area contributed by atoms with Crippen LogP contribution in [0.3, 0.4) is 0 Å². The molecule has 2 aromatic heterocycles. The topological polar surface area (TPSA) is 49.0 Å². The van der Waals surface area contributed by atoms with Crippen LogP contribution in [0.5, 0.6) is 0 Å². The van der Waals surface area contributed by atoms with Crippen molar-refractivity contribution in [3.8, 4) is 11.1 Å². The van der Waals surface area contributed by atoms with Crippen molar-refractivity contribution in [3.63, 3.8) is 0 Å². The first-order chi connectivity index (χ1) is 13.1. The number of hydrogen-bond donors (Lipinski definition) is 1. The second-order valence-corrected chi connectivity index (χ2v) is 7.33. The molecule has 0 saturated heterocycles. The molecule has 2 aromatic carbocycles. The van der Waals surface area contributed by atoms with E-state index in [0.29, 0.717) is 34.7 Å². The Balaban J connectivity index is 1.61. The second-order valence-electron chi connectivity index (χ2n) is 6.47. The molecule has 0 aliphatic heterocycles. The zero-order valence-electron chi connectivity index (χ0n) is 14.8. The number of nitrogens with zero attached hydrogens (tertiary/aromatic N) is 2. The Kier molecular flexibility index (Phi) is 4.83. The molecule has 136 valence electrons. The van der Waals surface area contributed by atoms with Crippen molar-refractivity contribution < 1.29 is 4.39 Å². The fourth-order valence-electron chi connectivity index (χ4n) is 3.13. The van der Waals surface area contributed by atoms with Crippen LogP contribution in [0.1, 0.15) is 11.4 Å². The van der Waals surface area contributed by atoms with Crippen LogP contribution in [-0.4, -0.2) is 21.9 Å². The van der Waals surface area contributed by atoms with E-state index in [2.05, 4.69) is 9.97 Å². The third-order valence-corrected chi connectivity index (χ3v) is 5.27. The minimum Gasteiger partial charge on any atom is -0.309 e. The zero-order chi connectivity index (χ0) is 18.8. The smallest absolute Gasteiger partial charge is 0.260 e. The second kappa shape index (κ2) is 7.42. The maximum atomic E-state index is 13.8. The Hall–Kier alpha value is -2.83. The quantitative estimate of drug-likeness (QED) is 0.558. The molecule has 0 aliphatic rings. The fourth-order valence-corrected chi connectivity index (χ4v) is 4.09. The van der Waals surface area contributed by atoms with Gasteiger partial charge >= 0.3 is 0 Å². The van der Waals surface area contributed by atoms with Crippen LogP contribution < -0.4 is 5.56 Å².